The van der Waals surface area contributed by atoms with Crippen molar-refractivity contribution in [1.82, 2.24) is 0 Å². The van der Waals surface area contributed by atoms with Gasteiger partial charge in [-0.3, -0.25) is 0 Å². The smallest absolute Gasteiger partial charge is 0 e. The van der Waals surface area contributed by atoms with Crippen molar-refractivity contribution in [3.8, 4) is 0 Å². The molecule has 48 valence electrons. The molecule has 2 atom stereocenters. The van der Waals surface area contributed by atoms with Gasteiger partial charge in [-0.25, -0.2) is 15.4 Å². The first kappa shape index (κ1) is 15.6. The van der Waals surface area contributed by atoms with Gasteiger partial charge in [0, 0.05) is 0 Å². The molecule has 5 heteroatoms. The van der Waals surface area contributed by atoms with E-state index in [1.54, 1.807) is 0 Å². The van der Waals surface area contributed by atoms with Crippen molar-refractivity contribution in [2.75, 3.05) is 13.3 Å². The molecule has 2 unspecified atom stereocenters. The maximum Gasteiger partial charge on any atom is 0 e. The Morgan fingerprint density at radius 3 is 1.22 bits per heavy atom. The molecule has 9 heavy (non-hydrogen) atoms. The van der Waals surface area contributed by atoms with Crippen LogP contribution in [0.5, 0.6) is 0 Å². The fourth-order valence-corrected chi connectivity index (χ4v) is 2.93. The van der Waals surface area contributed by atoms with Gasteiger partial charge in [-0.05, 0) is 0 Å². The Bertz CT molecular complexity index is 92.7. The molecule has 0 N–H and O–H groups in total. The van der Waals surface area contributed by atoms with Gasteiger partial charge in [0.15, 0.2) is 0 Å². The predicted molar refractivity (Wildman–Crippen MR) is 46.1 cm³/mol. The van der Waals surface area contributed by atoms with Crippen LogP contribution in [0.4, 0.5) is 0 Å². The van der Waals surface area contributed by atoms with Crippen molar-refractivity contribution in [1.29, 1.82) is 0 Å². The maximum absolute atomic E-state index is 4.26. The van der Waals surface area contributed by atoms with Gasteiger partial charge in [0.25, 0.3) is 0 Å². The van der Waals surface area contributed by atoms with Gasteiger partial charge in [-0.2, -0.15) is 0 Å². The third-order valence-corrected chi connectivity index (χ3v) is 3.44. The quantitative estimate of drug-likeness (QED) is 0.398. The number of rotatable bonds is 2. The number of nitrogens with zero attached hydrogens (tertiary/aromatic N) is 1. The zero-order valence-electron chi connectivity index (χ0n) is 6.28. The van der Waals surface area contributed by atoms with Crippen LogP contribution >= 0.6 is 15.4 Å². The molecule has 1 nitrogen and oxygen atoms in total. The molecule has 0 aliphatic rings. The fraction of sp³-hybridized carbons (Fsp3) is 0.500. The number of hydrogen-bond acceptors (Lipinski definition) is 0. The van der Waals surface area contributed by atoms with Crippen molar-refractivity contribution in [2.45, 2.75) is 0 Å². The Morgan fingerprint density at radius 1 is 1.00 bits per heavy atom. The van der Waals surface area contributed by atoms with E-state index in [1.165, 1.54) is 0 Å². The van der Waals surface area contributed by atoms with Crippen LogP contribution in [-0.4, -0.2) is 25.9 Å². The molecule has 0 amide bonds. The minimum atomic E-state index is -0.576. The van der Waals surface area contributed by atoms with Crippen molar-refractivity contribution in [3.05, 3.63) is 4.86 Å². The normalized spacial score (nSPS) is 14.4. The Hall–Kier alpha value is -1.44. The molecule has 0 aliphatic heterocycles. The molecule has 0 aromatic carbocycles. The van der Waals surface area contributed by atoms with Crippen molar-refractivity contribution in [3.63, 3.8) is 0 Å². The molecule has 0 radical (unpaired) electrons. The topological polar surface area (TPSA) is 14.1 Å². The molecule has 0 aromatic rings. The first-order chi connectivity index (χ1) is 3.13. The van der Waals surface area contributed by atoms with Crippen LogP contribution < -0.4 is 0 Å². The van der Waals surface area contributed by atoms with E-state index in [0.717, 1.165) is 0 Å². The molecular formula is C4H12NP2Rf2-. The summed E-state index contributed by atoms with van der Waals surface area (Å²) in [6, 6.07) is 0. The Balaban J connectivity index is -0.000000180. The molecule has 0 heterocycles. The summed E-state index contributed by atoms with van der Waals surface area (Å²) in [5.74, 6) is 0. The van der Waals surface area contributed by atoms with Crippen LogP contribution in [0.15, 0.2) is 0 Å². The van der Waals surface area contributed by atoms with Gasteiger partial charge in [0.1, 0.15) is 0 Å². The average Bonchev–Trinajstić information content (AvgIpc) is 1.27. The summed E-state index contributed by atoms with van der Waals surface area (Å²) < 4.78 is 0. The Labute approximate surface area is 47.0 Å². The summed E-state index contributed by atoms with van der Waals surface area (Å²) in [5, 5.41) is 0. The van der Waals surface area contributed by atoms with E-state index in [-0.39, 0.29) is 0 Å². The summed E-state index contributed by atoms with van der Waals surface area (Å²) in [5.41, 5.74) is 0. The monoisotopic (exact) mass is 670 g/mol. The fourth-order valence-electron chi connectivity index (χ4n) is 0.326. The van der Waals surface area contributed by atoms with Crippen LogP contribution in [0.1, 0.15) is 0 Å². The summed E-state index contributed by atoms with van der Waals surface area (Å²) in [4.78, 5) is 4.26. The molecular weight excluding hydrogens is 658 g/mol. The van der Waals surface area contributed by atoms with E-state index in [2.05, 4.69) is 30.8 Å². The van der Waals surface area contributed by atoms with Gasteiger partial charge in [0.05, 0.1) is 0 Å². The minimum absolute atomic E-state index is 0. The van der Waals surface area contributed by atoms with Crippen molar-refractivity contribution >= 4 is 28.0 Å². The maximum atomic E-state index is 4.26. The summed E-state index contributed by atoms with van der Waals surface area (Å²) in [6.45, 7) is 4.15. The van der Waals surface area contributed by atoms with Gasteiger partial charge >= 0.3 is 0 Å². The van der Waals surface area contributed by atoms with Gasteiger partial charge in [0.2, 0.25) is 0 Å². The van der Waals surface area contributed by atoms with Gasteiger partial charge in [-0.15, -0.1) is 12.6 Å². The molecule has 0 aromatic heterocycles. The minimum Gasteiger partial charge on any atom is -0.615 e. The molecule has 0 saturated heterocycles. The van der Waals surface area contributed by atoms with Crippen LogP contribution in [0, 0.1) is 0 Å². The molecule has 0 aliphatic carbocycles. The van der Waals surface area contributed by atoms with E-state index < -0.39 is 15.4 Å². The largest absolute Gasteiger partial charge is 0.615 e. The van der Waals surface area contributed by atoms with Gasteiger partial charge < -0.3 is 4.86 Å². The molecule has 0 saturated carbocycles. The average molecular weight is 670 g/mol. The van der Waals surface area contributed by atoms with Gasteiger partial charge in [-0.1, -0.05) is 13.3 Å². The zero-order valence-corrected chi connectivity index (χ0v) is 21.1. The third kappa shape index (κ3) is 20.8. The number of hydrogen-bond donors (Lipinski definition) is 0. The Kier molecular flexibility index (Phi) is 11.4. The van der Waals surface area contributed by atoms with Crippen LogP contribution in [0.2, 0.25) is 0 Å². The third-order valence-electron chi connectivity index (χ3n) is 0.382. The van der Waals surface area contributed by atoms with Crippen molar-refractivity contribution < 1.29 is 0 Å². The van der Waals surface area contributed by atoms with E-state index >= 15 is 0 Å². The van der Waals surface area contributed by atoms with Crippen LogP contribution in [0.25, 0.3) is 4.86 Å². The van der Waals surface area contributed by atoms with Crippen LogP contribution in [0.3, 0.4) is 0 Å². The van der Waals surface area contributed by atoms with Crippen LogP contribution in [-0.2, 0) is 0 Å². The second-order valence-electron chi connectivity index (χ2n) is 1.58. The summed E-state index contributed by atoms with van der Waals surface area (Å²) >= 11 is 0. The second kappa shape index (κ2) is 6.56. The summed E-state index contributed by atoms with van der Waals surface area (Å²) in [7, 11) is -1.15. The molecule has 0 fully saturated rings. The predicted octanol–water partition coefficient (Wildman–Crippen LogP) is 1.74. The van der Waals surface area contributed by atoms with E-state index in [1.807, 2.05) is 0 Å². The van der Waals surface area contributed by atoms with E-state index in [9.17, 15) is 0 Å². The molecule has 0 bridgehead atoms. The summed E-state index contributed by atoms with van der Waals surface area (Å²) in [6.07, 6.45) is 7.60. The van der Waals surface area contributed by atoms with E-state index in [4.69, 9.17) is 0 Å². The second-order valence-corrected chi connectivity index (χ2v) is 5.42. The Morgan fingerprint density at radius 2 is 1.22 bits per heavy atom. The van der Waals surface area contributed by atoms with E-state index in [0.29, 0.717) is 0 Å². The molecule has 0 rings (SSSR count). The zero-order chi connectivity index (χ0) is 5.86. The standard InChI is InChI=1S/C4H12NP2.2Rf/c1-6(2)5-7(3)4;;/h6-7H,1,3H2,2,4H3;;/q-1;;. The van der Waals surface area contributed by atoms with Crippen molar-refractivity contribution in [2.24, 2.45) is 0 Å². The first-order valence-electron chi connectivity index (χ1n) is 2.15. The molecule has 0 spiro atoms. The first-order valence-corrected chi connectivity index (χ1v) is 6.46. The SMILES string of the molecule is C=[PH](C)[N-][PH](=C)C.[Rf].[Rf].